The summed E-state index contributed by atoms with van der Waals surface area (Å²) in [6.07, 6.45) is 0. The standard InChI is InChI=1S/2C18H14.2C16H14.6C2H6/c1-11-9-13-5-4-8-16-12(2)10-14-6-3-7-15(11)17(14)18(13)16;1-11-3-5-13-8-10-16-12(2)4-6-14-7-9-15(11)17(13)18(14)16;1-11-6-5-9-15-12(2)14-8-4-3-7-13(14)10-16(11)15;1-11-7-8-12(2)16-10-14-6-4-3-5-13(14)9-15(11)16;6*1-2/h2*3-10H,1-2H3;2*3-10H,1-2H3;6*1-2H3. The summed E-state index contributed by atoms with van der Waals surface area (Å²) in [5.41, 5.74) is 10.9. The summed E-state index contributed by atoms with van der Waals surface area (Å²) in [6, 6.07) is 70.7. The first-order valence-electron chi connectivity index (χ1n) is 30.1. The van der Waals surface area contributed by atoms with Crippen molar-refractivity contribution in [3.8, 4) is 0 Å². The van der Waals surface area contributed by atoms with E-state index in [1.807, 2.05) is 83.1 Å². The highest BCUT2D eigenvalue weighted by atomic mass is 14.2. The van der Waals surface area contributed by atoms with Gasteiger partial charge in [-0.2, -0.15) is 0 Å². The number of hydrogen-bond acceptors (Lipinski definition) is 0. The Balaban J connectivity index is 0.000000184. The molecule has 0 unspecified atom stereocenters. The third-order valence-corrected chi connectivity index (χ3v) is 14.8. The molecule has 0 fully saturated rings. The SMILES string of the molecule is CC.CC.CC.CC.CC.CC.Cc1cc2cccc3c(C)cc4cccc1c4c23.Cc1ccc(C)c2cc3ccccc3cc12.Cc1ccc2ccc3c(C)ccc4ccc1c2c43.Cc1cccc2c(C)c3ccccc3cc12. The van der Waals surface area contributed by atoms with Crippen LogP contribution in [-0.2, 0) is 0 Å². The van der Waals surface area contributed by atoms with Crippen LogP contribution in [0.1, 0.15) is 128 Å². The number of hydrogen-bond donors (Lipinski definition) is 0. The molecule has 0 bridgehead atoms. The molecule has 412 valence electrons. The largest absolute Gasteiger partial charge is 0.0683 e. The Morgan fingerprint density at radius 3 is 0.887 bits per heavy atom. The molecule has 14 aromatic carbocycles. The summed E-state index contributed by atoms with van der Waals surface area (Å²) in [5, 5.41) is 27.5. The molecule has 0 heteroatoms. The van der Waals surface area contributed by atoms with Gasteiger partial charge in [0.05, 0.1) is 0 Å². The zero-order chi connectivity index (χ0) is 58.8. The van der Waals surface area contributed by atoms with E-state index in [0.29, 0.717) is 0 Å². The normalized spacial score (nSPS) is 10.2. The van der Waals surface area contributed by atoms with E-state index >= 15 is 0 Å². The van der Waals surface area contributed by atoms with Gasteiger partial charge in [-0.05, 0) is 226 Å². The predicted molar refractivity (Wildman–Crippen MR) is 369 cm³/mol. The first kappa shape index (κ1) is 63.0. The number of fused-ring (bicyclic) bond motifs is 4. The Labute approximate surface area is 482 Å². The molecule has 0 aromatic heterocycles. The Morgan fingerprint density at radius 2 is 0.438 bits per heavy atom. The molecule has 80 heavy (non-hydrogen) atoms. The average Bonchev–Trinajstić information content (AvgIpc) is 3.55. The highest BCUT2D eigenvalue weighted by Gasteiger charge is 2.13. The maximum atomic E-state index is 2.31. The van der Waals surface area contributed by atoms with E-state index in [0.717, 1.165) is 0 Å². The summed E-state index contributed by atoms with van der Waals surface area (Å²) < 4.78 is 0. The number of aryl methyl sites for hydroxylation is 8. The van der Waals surface area contributed by atoms with Gasteiger partial charge in [0, 0.05) is 0 Å². The topological polar surface area (TPSA) is 0 Å². The molecule has 0 aliphatic carbocycles. The summed E-state index contributed by atoms with van der Waals surface area (Å²) in [6.45, 7) is 41.5. The number of benzene rings is 14. The highest BCUT2D eigenvalue weighted by Crippen LogP contribution is 2.39. The third kappa shape index (κ3) is 12.9. The van der Waals surface area contributed by atoms with Crippen LogP contribution in [0.25, 0.3) is 108 Å². The van der Waals surface area contributed by atoms with Crippen molar-refractivity contribution in [2.75, 3.05) is 0 Å². The molecule has 0 saturated heterocycles. The van der Waals surface area contributed by atoms with Crippen LogP contribution in [0, 0.1) is 55.4 Å². The monoisotopic (exact) mass is 1050 g/mol. The van der Waals surface area contributed by atoms with Crippen LogP contribution in [0.15, 0.2) is 194 Å². The van der Waals surface area contributed by atoms with Gasteiger partial charge in [0.1, 0.15) is 0 Å². The van der Waals surface area contributed by atoms with Crippen LogP contribution < -0.4 is 0 Å². The van der Waals surface area contributed by atoms with Gasteiger partial charge in [-0.15, -0.1) is 0 Å². The molecule has 0 heterocycles. The Kier molecular flexibility index (Phi) is 23.6. The molecule has 0 aliphatic rings. The van der Waals surface area contributed by atoms with Gasteiger partial charge >= 0.3 is 0 Å². The molecule has 0 nitrogen and oxygen atoms in total. The second kappa shape index (κ2) is 30.0. The van der Waals surface area contributed by atoms with Gasteiger partial charge in [0.25, 0.3) is 0 Å². The summed E-state index contributed by atoms with van der Waals surface area (Å²) >= 11 is 0. The van der Waals surface area contributed by atoms with Crippen molar-refractivity contribution in [1.82, 2.24) is 0 Å². The van der Waals surface area contributed by atoms with Gasteiger partial charge in [0.2, 0.25) is 0 Å². The molecule has 0 amide bonds. The van der Waals surface area contributed by atoms with Gasteiger partial charge in [-0.1, -0.05) is 259 Å². The van der Waals surface area contributed by atoms with E-state index in [1.165, 1.54) is 152 Å². The van der Waals surface area contributed by atoms with Crippen molar-refractivity contribution < 1.29 is 0 Å². The zero-order valence-electron chi connectivity index (χ0n) is 52.5. The average molecular weight is 1050 g/mol. The highest BCUT2D eigenvalue weighted by molar-refractivity contribution is 6.25. The van der Waals surface area contributed by atoms with E-state index in [1.54, 1.807) is 0 Å². The maximum absolute atomic E-state index is 2.31. The molecule has 0 atom stereocenters. The molecule has 0 radical (unpaired) electrons. The Hall–Kier alpha value is -7.80. The van der Waals surface area contributed by atoms with Crippen molar-refractivity contribution in [2.24, 2.45) is 0 Å². The Bertz CT molecular complexity index is 3970. The fourth-order valence-corrected chi connectivity index (χ4v) is 11.1. The van der Waals surface area contributed by atoms with Gasteiger partial charge in [0.15, 0.2) is 0 Å². The first-order chi connectivity index (χ1) is 39.0. The van der Waals surface area contributed by atoms with Crippen LogP contribution in [0.3, 0.4) is 0 Å². The zero-order valence-corrected chi connectivity index (χ0v) is 52.5. The van der Waals surface area contributed by atoms with Crippen LogP contribution in [0.4, 0.5) is 0 Å². The minimum absolute atomic E-state index is 1.32. The van der Waals surface area contributed by atoms with Gasteiger partial charge in [-0.25, -0.2) is 0 Å². The molecule has 0 spiro atoms. The lowest BCUT2D eigenvalue weighted by atomic mass is 9.90. The lowest BCUT2D eigenvalue weighted by molar-refractivity contribution is 1.47. The second-order valence-corrected chi connectivity index (χ2v) is 19.2. The molecule has 0 N–H and O–H groups in total. The minimum atomic E-state index is 1.32. The molecule has 14 rings (SSSR count). The van der Waals surface area contributed by atoms with Crippen molar-refractivity contribution in [3.05, 3.63) is 239 Å². The summed E-state index contributed by atoms with van der Waals surface area (Å²) in [7, 11) is 0. The second-order valence-electron chi connectivity index (χ2n) is 19.2. The number of rotatable bonds is 0. The third-order valence-electron chi connectivity index (χ3n) is 14.8. The lowest BCUT2D eigenvalue weighted by Gasteiger charge is -2.14. The van der Waals surface area contributed by atoms with E-state index in [2.05, 4.69) is 250 Å². The van der Waals surface area contributed by atoms with Crippen molar-refractivity contribution in [2.45, 2.75) is 138 Å². The smallest absolute Gasteiger partial charge is 0.00239 e. The van der Waals surface area contributed by atoms with Crippen molar-refractivity contribution >= 4 is 108 Å². The van der Waals surface area contributed by atoms with Crippen LogP contribution in [0.5, 0.6) is 0 Å². The van der Waals surface area contributed by atoms with E-state index in [4.69, 9.17) is 0 Å². The Morgan fingerprint density at radius 1 is 0.163 bits per heavy atom. The van der Waals surface area contributed by atoms with Crippen molar-refractivity contribution in [3.63, 3.8) is 0 Å². The van der Waals surface area contributed by atoms with Crippen LogP contribution in [0.2, 0.25) is 0 Å². The quantitative estimate of drug-likeness (QED) is 0.105. The summed E-state index contributed by atoms with van der Waals surface area (Å²) in [5.74, 6) is 0. The van der Waals surface area contributed by atoms with Gasteiger partial charge < -0.3 is 0 Å². The van der Waals surface area contributed by atoms with E-state index in [-0.39, 0.29) is 0 Å². The fraction of sp³-hybridized carbons (Fsp3) is 0.250. The first-order valence-corrected chi connectivity index (χ1v) is 30.1. The molecular weight excluding hydrogens is 961 g/mol. The van der Waals surface area contributed by atoms with Crippen molar-refractivity contribution in [1.29, 1.82) is 0 Å². The van der Waals surface area contributed by atoms with E-state index < -0.39 is 0 Å². The maximum Gasteiger partial charge on any atom is -0.00239 e. The molecule has 0 saturated carbocycles. The summed E-state index contributed by atoms with van der Waals surface area (Å²) in [4.78, 5) is 0. The minimum Gasteiger partial charge on any atom is -0.0683 e. The predicted octanol–water partition coefficient (Wildman–Crippen LogP) is 25.8. The van der Waals surface area contributed by atoms with Gasteiger partial charge in [-0.3, -0.25) is 0 Å². The molecule has 0 aliphatic heterocycles. The lowest BCUT2D eigenvalue weighted by Crippen LogP contribution is -1.88. The fourth-order valence-electron chi connectivity index (χ4n) is 11.1. The van der Waals surface area contributed by atoms with E-state index in [9.17, 15) is 0 Å². The van der Waals surface area contributed by atoms with Crippen LogP contribution in [-0.4, -0.2) is 0 Å². The van der Waals surface area contributed by atoms with Crippen LogP contribution >= 0.6 is 0 Å². The molecular formula is C80H92. The molecule has 14 aromatic rings.